The molecule has 2 aromatic carbocycles. The Morgan fingerprint density at radius 2 is 1.71 bits per heavy atom. The zero-order chi connectivity index (χ0) is 15.8. The van der Waals surface area contributed by atoms with Crippen LogP contribution in [0.1, 0.15) is 11.1 Å². The van der Waals surface area contributed by atoms with Crippen LogP contribution in [0.4, 0.5) is 5.69 Å². The van der Waals surface area contributed by atoms with Crippen LogP contribution in [0, 0.1) is 13.8 Å². The number of aryl methyl sites for hydroxylation is 2. The Kier molecular flexibility index (Phi) is 4.88. The van der Waals surface area contributed by atoms with E-state index in [2.05, 4.69) is 20.7 Å². The second-order valence-corrected chi connectivity index (χ2v) is 7.89. The molecule has 0 bridgehead atoms. The molecule has 0 spiro atoms. The van der Waals surface area contributed by atoms with E-state index < -0.39 is 10.0 Å². The van der Waals surface area contributed by atoms with Crippen molar-refractivity contribution in [3.8, 4) is 0 Å². The van der Waals surface area contributed by atoms with Crippen molar-refractivity contribution in [3.63, 3.8) is 0 Å². The van der Waals surface area contributed by atoms with Crippen LogP contribution in [0.5, 0.6) is 0 Å². The minimum atomic E-state index is -3.75. The van der Waals surface area contributed by atoms with Crippen LogP contribution in [0.3, 0.4) is 0 Å². The first-order valence-electron chi connectivity index (χ1n) is 5.96. The van der Waals surface area contributed by atoms with Gasteiger partial charge >= 0.3 is 0 Å². The van der Waals surface area contributed by atoms with Crippen molar-refractivity contribution >= 4 is 54.8 Å². The molecule has 0 amide bonds. The summed E-state index contributed by atoms with van der Waals surface area (Å²) in [6.07, 6.45) is 0. The largest absolute Gasteiger partial charge is 0.277 e. The van der Waals surface area contributed by atoms with E-state index in [4.69, 9.17) is 23.2 Å². The van der Waals surface area contributed by atoms with E-state index in [-0.39, 0.29) is 15.6 Å². The van der Waals surface area contributed by atoms with Crippen LogP contribution in [0.25, 0.3) is 0 Å². The van der Waals surface area contributed by atoms with Gasteiger partial charge in [-0.25, -0.2) is 8.42 Å². The zero-order valence-electron chi connectivity index (χ0n) is 11.2. The maximum Gasteiger partial charge on any atom is 0.261 e. The molecule has 0 unspecified atom stereocenters. The summed E-state index contributed by atoms with van der Waals surface area (Å²) in [5.41, 5.74) is 1.75. The molecule has 7 heteroatoms. The lowest BCUT2D eigenvalue weighted by Gasteiger charge is -2.13. The fourth-order valence-electron chi connectivity index (χ4n) is 1.73. The summed E-state index contributed by atoms with van der Waals surface area (Å²) in [5, 5.41) is 0.544. The minimum Gasteiger partial charge on any atom is -0.277 e. The van der Waals surface area contributed by atoms with E-state index >= 15 is 0 Å². The quantitative estimate of drug-likeness (QED) is 0.760. The Hall–Kier alpha value is -0.750. The van der Waals surface area contributed by atoms with Crippen LogP contribution in [0.2, 0.25) is 10.0 Å². The molecule has 0 aliphatic carbocycles. The molecule has 0 aliphatic rings. The van der Waals surface area contributed by atoms with Crippen molar-refractivity contribution in [2.45, 2.75) is 18.7 Å². The van der Waals surface area contributed by atoms with E-state index in [0.29, 0.717) is 5.02 Å². The van der Waals surface area contributed by atoms with Gasteiger partial charge in [-0.05, 0) is 49.2 Å². The predicted octanol–water partition coefficient (Wildman–Crippen LogP) is 5.17. The smallest absolute Gasteiger partial charge is 0.261 e. The number of halogens is 3. The van der Waals surface area contributed by atoms with E-state index in [1.807, 2.05) is 6.92 Å². The summed E-state index contributed by atoms with van der Waals surface area (Å²) in [7, 11) is -3.75. The van der Waals surface area contributed by atoms with E-state index in [1.165, 1.54) is 6.07 Å². The number of nitrogens with one attached hydrogen (secondary N) is 1. The number of hydrogen-bond acceptors (Lipinski definition) is 2. The van der Waals surface area contributed by atoms with Crippen molar-refractivity contribution < 1.29 is 8.42 Å². The fraction of sp³-hybridized carbons (Fsp3) is 0.143. The van der Waals surface area contributed by atoms with Crippen LogP contribution in [-0.2, 0) is 10.0 Å². The second kappa shape index (κ2) is 6.16. The van der Waals surface area contributed by atoms with Crippen molar-refractivity contribution in [2.24, 2.45) is 0 Å². The van der Waals surface area contributed by atoms with Crippen molar-refractivity contribution in [3.05, 3.63) is 56.0 Å². The molecular weight excluding hydrogens is 397 g/mol. The molecule has 2 aromatic rings. The molecule has 2 rings (SSSR count). The molecule has 0 fully saturated rings. The first-order valence-corrected chi connectivity index (χ1v) is 8.99. The van der Waals surface area contributed by atoms with Crippen LogP contribution >= 0.6 is 39.1 Å². The van der Waals surface area contributed by atoms with Gasteiger partial charge in [-0.15, -0.1) is 0 Å². The van der Waals surface area contributed by atoms with Gasteiger partial charge in [-0.1, -0.05) is 45.2 Å². The maximum absolute atomic E-state index is 12.4. The van der Waals surface area contributed by atoms with Gasteiger partial charge in [0, 0.05) is 4.47 Å². The molecule has 0 radical (unpaired) electrons. The number of benzene rings is 2. The van der Waals surface area contributed by atoms with Crippen LogP contribution in [-0.4, -0.2) is 8.42 Å². The lowest BCUT2D eigenvalue weighted by molar-refractivity contribution is 0.601. The Bertz CT molecular complexity index is 807. The first-order chi connectivity index (χ1) is 9.72. The number of anilines is 1. The van der Waals surface area contributed by atoms with E-state index in [9.17, 15) is 8.42 Å². The van der Waals surface area contributed by atoms with Gasteiger partial charge in [0.15, 0.2) is 0 Å². The topological polar surface area (TPSA) is 46.2 Å². The molecule has 112 valence electrons. The molecule has 0 aromatic heterocycles. The van der Waals surface area contributed by atoms with Gasteiger partial charge in [-0.3, -0.25) is 4.72 Å². The Morgan fingerprint density at radius 3 is 2.33 bits per heavy atom. The maximum atomic E-state index is 12.4. The normalized spacial score (nSPS) is 11.5. The van der Waals surface area contributed by atoms with Crippen molar-refractivity contribution in [1.82, 2.24) is 0 Å². The Balaban J connectivity index is 2.47. The van der Waals surface area contributed by atoms with E-state index in [1.54, 1.807) is 31.2 Å². The van der Waals surface area contributed by atoms with Gasteiger partial charge in [0.05, 0.1) is 20.6 Å². The molecule has 3 nitrogen and oxygen atoms in total. The molecular formula is C14H12BrCl2NO2S. The summed E-state index contributed by atoms with van der Waals surface area (Å²) >= 11 is 15.5. The number of rotatable bonds is 3. The van der Waals surface area contributed by atoms with Crippen molar-refractivity contribution in [1.29, 1.82) is 0 Å². The van der Waals surface area contributed by atoms with Gasteiger partial charge in [-0.2, -0.15) is 0 Å². The molecule has 0 saturated carbocycles. The number of hydrogen-bond donors (Lipinski definition) is 1. The molecule has 0 atom stereocenters. The summed E-state index contributed by atoms with van der Waals surface area (Å²) in [4.78, 5) is 0.150. The summed E-state index contributed by atoms with van der Waals surface area (Å²) in [6.45, 7) is 3.59. The highest BCUT2D eigenvalue weighted by Gasteiger charge is 2.19. The third kappa shape index (κ3) is 3.54. The molecule has 0 saturated heterocycles. The molecule has 0 aliphatic heterocycles. The highest BCUT2D eigenvalue weighted by molar-refractivity contribution is 9.10. The van der Waals surface area contributed by atoms with Gasteiger partial charge < -0.3 is 0 Å². The highest BCUT2D eigenvalue weighted by atomic mass is 79.9. The Labute approximate surface area is 142 Å². The average Bonchev–Trinajstić information content (AvgIpc) is 2.42. The highest BCUT2D eigenvalue weighted by Crippen LogP contribution is 2.34. The lowest BCUT2D eigenvalue weighted by atomic mass is 10.2. The summed E-state index contributed by atoms with van der Waals surface area (Å²) < 4.78 is 28.2. The van der Waals surface area contributed by atoms with Crippen molar-refractivity contribution in [2.75, 3.05) is 4.72 Å². The SMILES string of the molecule is Cc1cc(S(=O)(=O)Nc2c(Cl)ccc(C)c2Cl)ccc1Br. The third-order valence-electron chi connectivity index (χ3n) is 2.96. The minimum absolute atomic E-state index is 0.150. The standard InChI is InChI=1S/C14H12BrCl2NO2S/c1-8-3-6-12(16)14(13(8)17)18-21(19,20)10-4-5-11(15)9(2)7-10/h3-7,18H,1-2H3. The van der Waals surface area contributed by atoms with Crippen LogP contribution in [0.15, 0.2) is 39.7 Å². The summed E-state index contributed by atoms with van der Waals surface area (Å²) in [6, 6.07) is 8.10. The van der Waals surface area contributed by atoms with Gasteiger partial charge in [0.1, 0.15) is 0 Å². The molecule has 0 heterocycles. The monoisotopic (exact) mass is 407 g/mol. The third-order valence-corrected chi connectivity index (χ3v) is 6.00. The second-order valence-electron chi connectivity index (χ2n) is 4.57. The predicted molar refractivity (Wildman–Crippen MR) is 90.9 cm³/mol. The van der Waals surface area contributed by atoms with Gasteiger partial charge in [0.2, 0.25) is 0 Å². The summed E-state index contributed by atoms with van der Waals surface area (Å²) in [5.74, 6) is 0. The fourth-order valence-corrected chi connectivity index (χ4v) is 3.73. The first kappa shape index (κ1) is 16.6. The molecule has 1 N–H and O–H groups in total. The van der Waals surface area contributed by atoms with Crippen LogP contribution < -0.4 is 4.72 Å². The zero-order valence-corrected chi connectivity index (χ0v) is 15.2. The average molecular weight is 409 g/mol. The Morgan fingerprint density at radius 1 is 1.05 bits per heavy atom. The molecule has 21 heavy (non-hydrogen) atoms. The van der Waals surface area contributed by atoms with E-state index in [0.717, 1.165) is 15.6 Å². The number of sulfonamides is 1. The van der Waals surface area contributed by atoms with Gasteiger partial charge in [0.25, 0.3) is 10.0 Å². The lowest BCUT2D eigenvalue weighted by Crippen LogP contribution is -2.14.